The van der Waals surface area contributed by atoms with E-state index in [1.807, 2.05) is 31.2 Å². The van der Waals surface area contributed by atoms with Gasteiger partial charge in [0.05, 0.1) is 6.04 Å². The number of rotatable bonds is 5. The summed E-state index contributed by atoms with van der Waals surface area (Å²) in [5.74, 6) is 0.573. The minimum Gasteiger partial charge on any atom is -0.356 e. The molecule has 0 amide bonds. The van der Waals surface area contributed by atoms with E-state index in [1.165, 1.54) is 5.56 Å². The minimum atomic E-state index is 0.192. The van der Waals surface area contributed by atoms with Crippen molar-refractivity contribution in [3.8, 4) is 0 Å². The highest BCUT2D eigenvalue weighted by molar-refractivity contribution is 7.80. The molecule has 2 N–H and O–H groups in total. The van der Waals surface area contributed by atoms with Crippen LogP contribution in [0.5, 0.6) is 0 Å². The molecule has 0 fully saturated rings. The average molecular weight is 347 g/mol. The Balaban J connectivity index is 2.06. The first-order chi connectivity index (χ1) is 11.0. The van der Waals surface area contributed by atoms with Crippen LogP contribution in [0.25, 0.3) is 0 Å². The van der Waals surface area contributed by atoms with Crippen LogP contribution >= 0.6 is 23.8 Å². The van der Waals surface area contributed by atoms with Gasteiger partial charge in [0.1, 0.15) is 0 Å². The summed E-state index contributed by atoms with van der Waals surface area (Å²) in [6, 6.07) is 16.5. The van der Waals surface area contributed by atoms with Crippen molar-refractivity contribution in [1.29, 1.82) is 0 Å². The summed E-state index contributed by atoms with van der Waals surface area (Å²) < 4.78 is 0. The van der Waals surface area contributed by atoms with Crippen LogP contribution in [0.4, 0.5) is 5.69 Å². The van der Waals surface area contributed by atoms with E-state index in [2.05, 4.69) is 48.7 Å². The summed E-state index contributed by atoms with van der Waals surface area (Å²) in [4.78, 5) is 0. The standard InChI is InChI=1S/C19H23ClN2S/c1-13(2)11-18(15-7-5-4-6-8-15)22-19(23)21-16-10-9-14(3)17(20)12-16/h4-10,12-13,18H,11H2,1-3H3,(H2,21,22,23)/t18-/m0/s1. The number of benzene rings is 2. The molecule has 1 atom stereocenters. The summed E-state index contributed by atoms with van der Waals surface area (Å²) in [5, 5.41) is 7.99. The van der Waals surface area contributed by atoms with Gasteiger partial charge < -0.3 is 10.6 Å². The number of nitrogens with one attached hydrogen (secondary N) is 2. The first-order valence-electron chi connectivity index (χ1n) is 7.84. The highest BCUT2D eigenvalue weighted by atomic mass is 35.5. The lowest BCUT2D eigenvalue weighted by molar-refractivity contribution is 0.481. The highest BCUT2D eigenvalue weighted by Gasteiger charge is 2.14. The number of halogens is 1. The molecular weight excluding hydrogens is 324 g/mol. The van der Waals surface area contributed by atoms with Gasteiger partial charge in [0.15, 0.2) is 5.11 Å². The average Bonchev–Trinajstić information content (AvgIpc) is 2.51. The van der Waals surface area contributed by atoms with Gasteiger partial charge in [-0.1, -0.05) is 61.8 Å². The van der Waals surface area contributed by atoms with Crippen LogP contribution in [-0.2, 0) is 0 Å². The lowest BCUT2D eigenvalue weighted by Crippen LogP contribution is -2.33. The maximum atomic E-state index is 6.16. The SMILES string of the molecule is Cc1ccc(NC(=S)N[C@@H](CC(C)C)c2ccccc2)cc1Cl. The minimum absolute atomic E-state index is 0.192. The molecule has 0 spiro atoms. The van der Waals surface area contributed by atoms with Crippen LogP contribution in [0.3, 0.4) is 0 Å². The van der Waals surface area contributed by atoms with Crippen molar-refractivity contribution in [2.24, 2.45) is 5.92 Å². The smallest absolute Gasteiger partial charge is 0.171 e. The van der Waals surface area contributed by atoms with Gasteiger partial charge in [-0.25, -0.2) is 0 Å². The van der Waals surface area contributed by atoms with Gasteiger partial charge in [-0.15, -0.1) is 0 Å². The number of anilines is 1. The Labute approximate surface area is 149 Å². The number of hydrogen-bond acceptors (Lipinski definition) is 1. The van der Waals surface area contributed by atoms with Crippen molar-refractivity contribution < 1.29 is 0 Å². The van der Waals surface area contributed by atoms with E-state index in [0.717, 1.165) is 22.7 Å². The second-order valence-electron chi connectivity index (χ2n) is 6.16. The van der Waals surface area contributed by atoms with Gasteiger partial charge in [-0.05, 0) is 54.7 Å². The normalized spacial score (nSPS) is 12.0. The maximum absolute atomic E-state index is 6.16. The third-order valence-corrected chi connectivity index (χ3v) is 4.27. The molecule has 0 aromatic heterocycles. The second kappa shape index (κ2) is 8.32. The van der Waals surface area contributed by atoms with Crippen LogP contribution < -0.4 is 10.6 Å². The Kier molecular flexibility index (Phi) is 6.43. The van der Waals surface area contributed by atoms with E-state index < -0.39 is 0 Å². The molecule has 2 aromatic rings. The summed E-state index contributed by atoms with van der Waals surface area (Å²) in [5.41, 5.74) is 3.19. The molecule has 4 heteroatoms. The summed E-state index contributed by atoms with van der Waals surface area (Å²) in [7, 11) is 0. The first kappa shape index (κ1) is 17.8. The first-order valence-corrected chi connectivity index (χ1v) is 8.63. The van der Waals surface area contributed by atoms with Gasteiger partial charge in [-0.3, -0.25) is 0 Å². The second-order valence-corrected chi connectivity index (χ2v) is 6.97. The monoisotopic (exact) mass is 346 g/mol. The predicted molar refractivity (Wildman–Crippen MR) is 104 cm³/mol. The van der Waals surface area contributed by atoms with Crippen molar-refractivity contribution in [1.82, 2.24) is 5.32 Å². The van der Waals surface area contributed by atoms with Gasteiger partial charge in [0.25, 0.3) is 0 Å². The molecule has 0 aliphatic carbocycles. The van der Waals surface area contributed by atoms with Crippen LogP contribution in [0.15, 0.2) is 48.5 Å². The quantitative estimate of drug-likeness (QED) is 0.677. The molecule has 23 heavy (non-hydrogen) atoms. The topological polar surface area (TPSA) is 24.1 Å². The van der Waals surface area contributed by atoms with E-state index in [-0.39, 0.29) is 6.04 Å². The Morgan fingerprint density at radius 3 is 2.43 bits per heavy atom. The fraction of sp³-hybridized carbons (Fsp3) is 0.316. The molecule has 2 nitrogen and oxygen atoms in total. The molecule has 0 aliphatic heterocycles. The molecule has 0 saturated heterocycles. The van der Waals surface area contributed by atoms with Crippen LogP contribution in [0.1, 0.15) is 37.4 Å². The van der Waals surface area contributed by atoms with Gasteiger partial charge >= 0.3 is 0 Å². The molecule has 0 aliphatic rings. The molecular formula is C19H23ClN2S. The molecule has 0 saturated carbocycles. The van der Waals surface area contributed by atoms with Crippen molar-refractivity contribution >= 4 is 34.6 Å². The van der Waals surface area contributed by atoms with Gasteiger partial charge in [-0.2, -0.15) is 0 Å². The highest BCUT2D eigenvalue weighted by Crippen LogP contribution is 2.22. The van der Waals surface area contributed by atoms with Crippen LogP contribution in [0, 0.1) is 12.8 Å². The van der Waals surface area contributed by atoms with Gasteiger partial charge in [0, 0.05) is 10.7 Å². The van der Waals surface area contributed by atoms with E-state index in [0.29, 0.717) is 11.0 Å². The lowest BCUT2D eigenvalue weighted by atomic mass is 9.97. The van der Waals surface area contributed by atoms with Crippen molar-refractivity contribution in [2.75, 3.05) is 5.32 Å². The Morgan fingerprint density at radius 1 is 1.13 bits per heavy atom. The zero-order chi connectivity index (χ0) is 16.8. The molecule has 0 heterocycles. The lowest BCUT2D eigenvalue weighted by Gasteiger charge is -2.23. The van der Waals surface area contributed by atoms with Gasteiger partial charge in [0.2, 0.25) is 0 Å². The van der Waals surface area contributed by atoms with E-state index in [1.54, 1.807) is 0 Å². The molecule has 0 bridgehead atoms. The van der Waals surface area contributed by atoms with Crippen LogP contribution in [0.2, 0.25) is 5.02 Å². The van der Waals surface area contributed by atoms with E-state index in [4.69, 9.17) is 23.8 Å². The maximum Gasteiger partial charge on any atom is 0.171 e. The Morgan fingerprint density at radius 2 is 1.83 bits per heavy atom. The van der Waals surface area contributed by atoms with Crippen molar-refractivity contribution in [3.63, 3.8) is 0 Å². The summed E-state index contributed by atoms with van der Waals surface area (Å²) in [6.45, 7) is 6.42. The zero-order valence-corrected chi connectivity index (χ0v) is 15.3. The molecule has 2 aromatic carbocycles. The molecule has 2 rings (SSSR count). The summed E-state index contributed by atoms with van der Waals surface area (Å²) >= 11 is 11.6. The number of aryl methyl sites for hydroxylation is 1. The summed E-state index contributed by atoms with van der Waals surface area (Å²) in [6.07, 6.45) is 1.01. The predicted octanol–water partition coefficient (Wildman–Crippen LogP) is 5.72. The van der Waals surface area contributed by atoms with E-state index >= 15 is 0 Å². The molecule has 122 valence electrons. The number of hydrogen-bond donors (Lipinski definition) is 2. The van der Waals surface area contributed by atoms with Crippen molar-refractivity contribution in [2.45, 2.75) is 33.2 Å². The third kappa shape index (κ3) is 5.52. The van der Waals surface area contributed by atoms with E-state index in [9.17, 15) is 0 Å². The largest absolute Gasteiger partial charge is 0.356 e. The zero-order valence-electron chi connectivity index (χ0n) is 13.8. The number of thiocarbonyl (C=S) groups is 1. The molecule has 0 unspecified atom stereocenters. The fourth-order valence-electron chi connectivity index (χ4n) is 2.43. The Bertz CT molecular complexity index is 656. The molecule has 0 radical (unpaired) electrons. The van der Waals surface area contributed by atoms with Crippen LogP contribution in [-0.4, -0.2) is 5.11 Å². The fourth-order valence-corrected chi connectivity index (χ4v) is 2.87. The van der Waals surface area contributed by atoms with Crippen molar-refractivity contribution in [3.05, 3.63) is 64.7 Å². The Hall–Kier alpha value is -1.58. The third-order valence-electron chi connectivity index (χ3n) is 3.64.